The fourth-order valence-corrected chi connectivity index (χ4v) is 2.17. The topological polar surface area (TPSA) is 53.6 Å². The van der Waals surface area contributed by atoms with Gasteiger partial charge in [-0.25, -0.2) is 4.79 Å². The van der Waals surface area contributed by atoms with Crippen molar-refractivity contribution in [1.82, 2.24) is 5.32 Å². The summed E-state index contributed by atoms with van der Waals surface area (Å²) in [6.45, 7) is 4.79. The quantitative estimate of drug-likeness (QED) is 0.758. The van der Waals surface area contributed by atoms with Crippen LogP contribution in [0.15, 0.2) is 12.1 Å². The van der Waals surface area contributed by atoms with Gasteiger partial charge in [0.1, 0.15) is 11.4 Å². The molecule has 1 rings (SSSR count). The van der Waals surface area contributed by atoms with E-state index in [-0.39, 0.29) is 6.03 Å². The van der Waals surface area contributed by atoms with Gasteiger partial charge in [0.2, 0.25) is 0 Å². The van der Waals surface area contributed by atoms with Gasteiger partial charge in [-0.2, -0.15) is 0 Å². The van der Waals surface area contributed by atoms with Gasteiger partial charge in [-0.05, 0) is 25.0 Å². The van der Waals surface area contributed by atoms with Crippen LogP contribution in [0.4, 0.5) is 16.2 Å². The van der Waals surface area contributed by atoms with Crippen LogP contribution in [0.25, 0.3) is 0 Å². The average molecular weight is 293 g/mol. The fraction of sp³-hybridized carbons (Fsp3) is 0.562. The molecule has 0 radical (unpaired) electrons. The summed E-state index contributed by atoms with van der Waals surface area (Å²) >= 11 is 0. The van der Waals surface area contributed by atoms with Gasteiger partial charge in [0.15, 0.2) is 0 Å². The van der Waals surface area contributed by atoms with E-state index in [1.807, 2.05) is 38.1 Å². The minimum Gasteiger partial charge on any atom is -0.494 e. The molecule has 0 saturated carbocycles. The van der Waals surface area contributed by atoms with Crippen LogP contribution in [-0.4, -0.2) is 33.8 Å². The highest BCUT2D eigenvalue weighted by Gasteiger charge is 2.15. The summed E-state index contributed by atoms with van der Waals surface area (Å²) in [6.07, 6.45) is 3.26. The maximum atomic E-state index is 12.0. The number of carbonyl (C=O) groups is 1. The first kappa shape index (κ1) is 17.1. The van der Waals surface area contributed by atoms with Crippen LogP contribution >= 0.6 is 0 Å². The van der Waals surface area contributed by atoms with E-state index in [4.69, 9.17) is 4.74 Å². The third kappa shape index (κ3) is 4.85. The first-order valence-corrected chi connectivity index (χ1v) is 7.41. The summed E-state index contributed by atoms with van der Waals surface area (Å²) in [5.74, 6) is 0.699. The second kappa shape index (κ2) is 8.39. The average Bonchev–Trinajstić information content (AvgIpc) is 2.43. The van der Waals surface area contributed by atoms with E-state index < -0.39 is 0 Å². The number of carbonyl (C=O) groups excluding carboxylic acids is 1. The lowest BCUT2D eigenvalue weighted by Gasteiger charge is -2.21. The Balaban J connectivity index is 2.85. The van der Waals surface area contributed by atoms with Crippen molar-refractivity contribution in [3.8, 4) is 5.75 Å². The van der Waals surface area contributed by atoms with E-state index in [1.54, 1.807) is 7.11 Å². The monoisotopic (exact) mass is 293 g/mol. The number of nitrogens with one attached hydrogen (secondary N) is 2. The number of urea groups is 1. The number of nitrogens with zero attached hydrogens (tertiary/aromatic N) is 1. The SMILES string of the molecule is CCCCCNC(=O)Nc1c(N(C)C)ccc(C)c1OC. The van der Waals surface area contributed by atoms with Crippen LogP contribution in [0.5, 0.6) is 5.75 Å². The number of ether oxygens (including phenoxy) is 1. The van der Waals surface area contributed by atoms with Crippen molar-refractivity contribution in [1.29, 1.82) is 0 Å². The lowest BCUT2D eigenvalue weighted by molar-refractivity contribution is 0.251. The van der Waals surface area contributed by atoms with E-state index >= 15 is 0 Å². The molecule has 0 atom stereocenters. The molecule has 0 saturated heterocycles. The molecule has 5 heteroatoms. The first-order valence-electron chi connectivity index (χ1n) is 7.41. The molecule has 0 aliphatic heterocycles. The maximum Gasteiger partial charge on any atom is 0.319 e. The van der Waals surface area contributed by atoms with Crippen molar-refractivity contribution >= 4 is 17.4 Å². The second-order valence-electron chi connectivity index (χ2n) is 5.29. The summed E-state index contributed by atoms with van der Waals surface area (Å²) in [5.41, 5.74) is 2.61. The van der Waals surface area contributed by atoms with Crippen LogP contribution in [-0.2, 0) is 0 Å². The molecule has 5 nitrogen and oxygen atoms in total. The van der Waals surface area contributed by atoms with Crippen molar-refractivity contribution < 1.29 is 9.53 Å². The molecule has 21 heavy (non-hydrogen) atoms. The highest BCUT2D eigenvalue weighted by Crippen LogP contribution is 2.36. The van der Waals surface area contributed by atoms with Crippen molar-refractivity contribution in [2.24, 2.45) is 0 Å². The Hall–Kier alpha value is -1.91. The lowest BCUT2D eigenvalue weighted by Crippen LogP contribution is -2.30. The maximum absolute atomic E-state index is 12.0. The van der Waals surface area contributed by atoms with Gasteiger partial charge in [-0.15, -0.1) is 0 Å². The van der Waals surface area contributed by atoms with Crippen molar-refractivity contribution in [2.45, 2.75) is 33.1 Å². The molecule has 0 bridgehead atoms. The van der Waals surface area contributed by atoms with E-state index in [9.17, 15) is 4.79 Å². The summed E-state index contributed by atoms with van der Waals surface area (Å²) < 4.78 is 5.44. The molecule has 1 aromatic rings. The van der Waals surface area contributed by atoms with E-state index in [0.29, 0.717) is 18.0 Å². The highest BCUT2D eigenvalue weighted by molar-refractivity contribution is 5.96. The van der Waals surface area contributed by atoms with Crippen LogP contribution in [0.1, 0.15) is 31.7 Å². The predicted octanol–water partition coefficient (Wildman–Crippen LogP) is 3.38. The molecule has 0 unspecified atom stereocenters. The van der Waals surface area contributed by atoms with Crippen molar-refractivity contribution in [3.05, 3.63) is 17.7 Å². The molecule has 0 aliphatic rings. The van der Waals surface area contributed by atoms with Gasteiger partial charge in [0.05, 0.1) is 12.8 Å². The van der Waals surface area contributed by atoms with Crippen LogP contribution < -0.4 is 20.3 Å². The Labute approximate surface area is 127 Å². The third-order valence-electron chi connectivity index (χ3n) is 3.32. The normalized spacial score (nSPS) is 10.1. The van der Waals surface area contributed by atoms with Crippen LogP contribution in [0, 0.1) is 6.92 Å². The summed E-state index contributed by atoms with van der Waals surface area (Å²) in [6, 6.07) is 3.77. The molecule has 0 aliphatic carbocycles. The summed E-state index contributed by atoms with van der Waals surface area (Å²) in [5, 5.41) is 5.79. The second-order valence-corrected chi connectivity index (χ2v) is 5.29. The molecule has 0 spiro atoms. The number of unbranched alkanes of at least 4 members (excludes halogenated alkanes) is 2. The number of methoxy groups -OCH3 is 1. The number of hydrogen-bond acceptors (Lipinski definition) is 3. The molecule has 1 aromatic carbocycles. The largest absolute Gasteiger partial charge is 0.494 e. The standard InChI is InChI=1S/C16H27N3O2/c1-6-7-8-11-17-16(20)18-14-13(19(3)4)10-9-12(2)15(14)21-5/h9-10H,6-8,11H2,1-5H3,(H2,17,18,20). The number of rotatable bonds is 7. The Bertz CT molecular complexity index is 473. The zero-order chi connectivity index (χ0) is 15.8. The Morgan fingerprint density at radius 2 is 2.00 bits per heavy atom. The summed E-state index contributed by atoms with van der Waals surface area (Å²) in [7, 11) is 5.50. The molecule has 118 valence electrons. The smallest absolute Gasteiger partial charge is 0.319 e. The number of amides is 2. The van der Waals surface area contributed by atoms with Crippen LogP contribution in [0.2, 0.25) is 0 Å². The minimum absolute atomic E-state index is 0.196. The number of anilines is 2. The lowest BCUT2D eigenvalue weighted by atomic mass is 10.1. The predicted molar refractivity (Wildman–Crippen MR) is 88.6 cm³/mol. The van der Waals surface area contributed by atoms with Gasteiger partial charge in [0, 0.05) is 20.6 Å². The zero-order valence-electron chi connectivity index (χ0n) is 13.7. The van der Waals surface area contributed by atoms with Crippen molar-refractivity contribution in [2.75, 3.05) is 38.0 Å². The fourth-order valence-electron chi connectivity index (χ4n) is 2.17. The van der Waals surface area contributed by atoms with Gasteiger partial charge in [-0.1, -0.05) is 25.8 Å². The van der Waals surface area contributed by atoms with E-state index in [2.05, 4.69) is 17.6 Å². The van der Waals surface area contributed by atoms with Crippen molar-refractivity contribution in [3.63, 3.8) is 0 Å². The van der Waals surface area contributed by atoms with Crippen LogP contribution in [0.3, 0.4) is 0 Å². The molecule has 2 N–H and O–H groups in total. The van der Waals surface area contributed by atoms with Gasteiger partial charge in [0.25, 0.3) is 0 Å². The first-order chi connectivity index (χ1) is 10.0. The Morgan fingerprint density at radius 3 is 2.57 bits per heavy atom. The molecule has 0 fully saturated rings. The molecule has 0 heterocycles. The molecule has 0 aromatic heterocycles. The third-order valence-corrected chi connectivity index (χ3v) is 3.32. The summed E-state index contributed by atoms with van der Waals surface area (Å²) in [4.78, 5) is 14.0. The zero-order valence-corrected chi connectivity index (χ0v) is 13.7. The van der Waals surface area contributed by atoms with E-state index in [0.717, 1.165) is 30.5 Å². The Morgan fingerprint density at radius 1 is 1.29 bits per heavy atom. The molecular formula is C16H27N3O2. The van der Waals surface area contributed by atoms with Gasteiger partial charge < -0.3 is 20.3 Å². The van der Waals surface area contributed by atoms with Gasteiger partial charge in [-0.3, -0.25) is 0 Å². The highest BCUT2D eigenvalue weighted by atomic mass is 16.5. The number of benzene rings is 1. The Kier molecular flexibility index (Phi) is 6.85. The molecule has 2 amide bonds. The van der Waals surface area contributed by atoms with E-state index in [1.165, 1.54) is 0 Å². The van der Waals surface area contributed by atoms with Gasteiger partial charge >= 0.3 is 6.03 Å². The number of aryl methyl sites for hydroxylation is 1. The number of hydrogen-bond donors (Lipinski definition) is 2. The molecular weight excluding hydrogens is 266 g/mol. The minimum atomic E-state index is -0.196.